The Morgan fingerprint density at radius 3 is 2.42 bits per heavy atom. The van der Waals surface area contributed by atoms with Crippen LogP contribution < -0.4 is 0 Å². The second kappa shape index (κ2) is 2.92. The van der Waals surface area contributed by atoms with Crippen molar-refractivity contribution in [3.63, 3.8) is 0 Å². The van der Waals surface area contributed by atoms with Crippen LogP contribution in [0.1, 0.15) is 40.5 Å². The molecule has 0 radical (unpaired) electrons. The summed E-state index contributed by atoms with van der Waals surface area (Å²) in [5.41, 5.74) is 2.26. The van der Waals surface area contributed by atoms with Crippen molar-refractivity contribution < 1.29 is 9.53 Å². The average molecular weight is 168 g/mol. The molecule has 1 rings (SSSR count). The third kappa shape index (κ3) is 1.52. The zero-order chi connectivity index (χ0) is 9.35. The monoisotopic (exact) mass is 168 g/mol. The summed E-state index contributed by atoms with van der Waals surface area (Å²) in [6, 6.07) is 0. The van der Waals surface area contributed by atoms with E-state index in [0.717, 1.165) is 12.8 Å². The fourth-order valence-corrected chi connectivity index (χ4v) is 1.70. The predicted octanol–water partition coefficient (Wildman–Crippen LogP) is 2.44. The molecule has 12 heavy (non-hydrogen) atoms. The second-order valence-corrected chi connectivity index (χ2v) is 3.73. The molecule has 0 spiro atoms. The number of ether oxygens (including phenoxy) is 1. The first kappa shape index (κ1) is 9.30. The minimum atomic E-state index is -0.323. The first-order valence-corrected chi connectivity index (χ1v) is 4.32. The van der Waals surface area contributed by atoms with Crippen LogP contribution in [0.4, 0.5) is 0 Å². The van der Waals surface area contributed by atoms with Crippen molar-refractivity contribution >= 4 is 5.97 Å². The molecule has 0 saturated carbocycles. The minimum absolute atomic E-state index is 0.188. The van der Waals surface area contributed by atoms with Gasteiger partial charge in [0.25, 0.3) is 0 Å². The first-order chi connectivity index (χ1) is 5.46. The number of carbonyl (C=O) groups is 1. The predicted molar refractivity (Wildman–Crippen MR) is 47.8 cm³/mol. The maximum Gasteiger partial charge on any atom is 0.303 e. The number of hydrogen-bond donors (Lipinski definition) is 0. The van der Waals surface area contributed by atoms with Crippen molar-refractivity contribution in [3.05, 3.63) is 11.1 Å². The number of allylic oxidation sites excluding steroid dienone is 1. The van der Waals surface area contributed by atoms with Crippen LogP contribution in [0.3, 0.4) is 0 Å². The lowest BCUT2D eigenvalue weighted by molar-refractivity contribution is -0.151. The Morgan fingerprint density at radius 2 is 2.08 bits per heavy atom. The highest BCUT2D eigenvalue weighted by molar-refractivity contribution is 5.67. The second-order valence-electron chi connectivity index (χ2n) is 3.73. The minimum Gasteiger partial charge on any atom is -0.455 e. The molecule has 0 aromatic rings. The molecular weight excluding hydrogens is 152 g/mol. The van der Waals surface area contributed by atoms with Gasteiger partial charge >= 0.3 is 5.97 Å². The van der Waals surface area contributed by atoms with Crippen LogP contribution in [0.15, 0.2) is 11.1 Å². The smallest absolute Gasteiger partial charge is 0.303 e. The van der Waals surface area contributed by atoms with Crippen LogP contribution in [0.2, 0.25) is 0 Å². The van der Waals surface area contributed by atoms with Crippen molar-refractivity contribution in [1.82, 2.24) is 0 Å². The lowest BCUT2D eigenvalue weighted by Crippen LogP contribution is -2.29. The van der Waals surface area contributed by atoms with Gasteiger partial charge in [-0.25, -0.2) is 0 Å². The van der Waals surface area contributed by atoms with E-state index in [1.807, 2.05) is 13.8 Å². The highest BCUT2D eigenvalue weighted by Gasteiger charge is 2.35. The standard InChI is InChI=1S/C10H16O2/c1-7-5-6-10(4,8(7)2)12-9(3)11/h5-6H2,1-4H3. The molecule has 1 atom stereocenters. The van der Waals surface area contributed by atoms with E-state index in [4.69, 9.17) is 4.74 Å². The molecule has 0 aliphatic heterocycles. The summed E-state index contributed by atoms with van der Waals surface area (Å²) in [6.07, 6.45) is 1.99. The fraction of sp³-hybridized carbons (Fsp3) is 0.700. The summed E-state index contributed by atoms with van der Waals surface area (Å²) in [5.74, 6) is -0.188. The van der Waals surface area contributed by atoms with Crippen LogP contribution in [-0.4, -0.2) is 11.6 Å². The molecule has 1 aliphatic carbocycles. The lowest BCUT2D eigenvalue weighted by atomic mass is 9.99. The van der Waals surface area contributed by atoms with E-state index in [0.29, 0.717) is 0 Å². The summed E-state index contributed by atoms with van der Waals surface area (Å²) in [7, 11) is 0. The van der Waals surface area contributed by atoms with Gasteiger partial charge in [0.15, 0.2) is 0 Å². The Bertz CT molecular complexity index is 240. The van der Waals surface area contributed by atoms with E-state index in [9.17, 15) is 4.79 Å². The third-order valence-electron chi connectivity index (χ3n) is 2.78. The molecule has 0 amide bonds. The molecule has 0 fully saturated rings. The summed E-state index contributed by atoms with van der Waals surface area (Å²) < 4.78 is 5.28. The highest BCUT2D eigenvalue weighted by Crippen LogP contribution is 2.37. The number of rotatable bonds is 1. The molecule has 2 nitrogen and oxygen atoms in total. The molecule has 1 unspecified atom stereocenters. The Kier molecular flexibility index (Phi) is 2.27. The van der Waals surface area contributed by atoms with Crippen molar-refractivity contribution in [3.8, 4) is 0 Å². The van der Waals surface area contributed by atoms with Crippen LogP contribution in [-0.2, 0) is 9.53 Å². The number of esters is 1. The quantitative estimate of drug-likeness (QED) is 0.444. The molecule has 0 heterocycles. The van der Waals surface area contributed by atoms with Gasteiger partial charge < -0.3 is 4.74 Å². The summed E-state index contributed by atoms with van der Waals surface area (Å²) in [5, 5.41) is 0. The number of carbonyl (C=O) groups excluding carboxylic acids is 1. The van der Waals surface area contributed by atoms with Gasteiger partial charge in [0.2, 0.25) is 0 Å². The van der Waals surface area contributed by atoms with E-state index in [1.54, 1.807) is 0 Å². The Labute approximate surface area is 73.6 Å². The van der Waals surface area contributed by atoms with Crippen LogP contribution in [0.5, 0.6) is 0 Å². The van der Waals surface area contributed by atoms with Crippen molar-refractivity contribution in [1.29, 1.82) is 0 Å². The fourth-order valence-electron chi connectivity index (χ4n) is 1.70. The Hall–Kier alpha value is -0.790. The Morgan fingerprint density at radius 1 is 1.50 bits per heavy atom. The van der Waals surface area contributed by atoms with E-state index >= 15 is 0 Å². The molecule has 2 heteroatoms. The van der Waals surface area contributed by atoms with E-state index in [1.165, 1.54) is 18.1 Å². The third-order valence-corrected chi connectivity index (χ3v) is 2.78. The molecular formula is C10H16O2. The van der Waals surface area contributed by atoms with Gasteiger partial charge in [0.05, 0.1) is 0 Å². The van der Waals surface area contributed by atoms with Crippen LogP contribution in [0.25, 0.3) is 0 Å². The molecule has 0 aromatic heterocycles. The van der Waals surface area contributed by atoms with Gasteiger partial charge in [0, 0.05) is 6.92 Å². The van der Waals surface area contributed by atoms with Gasteiger partial charge in [-0.05, 0) is 39.2 Å². The SMILES string of the molecule is CC(=O)OC1(C)CCC(C)=C1C. The van der Waals surface area contributed by atoms with Crippen molar-refractivity contribution in [2.24, 2.45) is 0 Å². The highest BCUT2D eigenvalue weighted by atomic mass is 16.6. The zero-order valence-electron chi connectivity index (χ0n) is 8.23. The maximum atomic E-state index is 10.8. The molecule has 1 aliphatic rings. The molecule has 0 bridgehead atoms. The van der Waals surface area contributed by atoms with E-state index in [-0.39, 0.29) is 11.6 Å². The lowest BCUT2D eigenvalue weighted by Gasteiger charge is -2.25. The Balaban J connectivity index is 2.80. The van der Waals surface area contributed by atoms with Gasteiger partial charge in [-0.1, -0.05) is 5.57 Å². The van der Waals surface area contributed by atoms with Crippen molar-refractivity contribution in [2.45, 2.75) is 46.1 Å². The molecule has 68 valence electrons. The molecule has 0 saturated heterocycles. The van der Waals surface area contributed by atoms with Crippen LogP contribution >= 0.6 is 0 Å². The number of hydrogen-bond acceptors (Lipinski definition) is 2. The van der Waals surface area contributed by atoms with Gasteiger partial charge in [-0.3, -0.25) is 4.79 Å². The van der Waals surface area contributed by atoms with Crippen molar-refractivity contribution in [2.75, 3.05) is 0 Å². The summed E-state index contributed by atoms with van der Waals surface area (Å²) in [4.78, 5) is 10.8. The van der Waals surface area contributed by atoms with Gasteiger partial charge in [0.1, 0.15) is 5.60 Å². The topological polar surface area (TPSA) is 26.3 Å². The van der Waals surface area contributed by atoms with E-state index < -0.39 is 0 Å². The summed E-state index contributed by atoms with van der Waals surface area (Å²) >= 11 is 0. The normalized spacial score (nSPS) is 29.3. The largest absolute Gasteiger partial charge is 0.455 e. The average Bonchev–Trinajstić information content (AvgIpc) is 2.16. The van der Waals surface area contributed by atoms with Crippen LogP contribution in [0, 0.1) is 0 Å². The van der Waals surface area contributed by atoms with Gasteiger partial charge in [-0.15, -0.1) is 0 Å². The maximum absolute atomic E-state index is 10.8. The molecule has 0 aromatic carbocycles. The first-order valence-electron chi connectivity index (χ1n) is 4.32. The molecule has 0 N–H and O–H groups in total. The van der Waals surface area contributed by atoms with Gasteiger partial charge in [-0.2, -0.15) is 0 Å². The summed E-state index contributed by atoms with van der Waals surface area (Å²) in [6.45, 7) is 7.60. The zero-order valence-corrected chi connectivity index (χ0v) is 8.23. The van der Waals surface area contributed by atoms with E-state index in [2.05, 4.69) is 6.92 Å².